The quantitative estimate of drug-likeness (QED) is 0.161. The maximum absolute atomic E-state index is 11.7. The molecule has 4 unspecified atom stereocenters. The Bertz CT molecular complexity index is 809. The number of nitrogens with two attached hydrogens (primary N) is 1. The van der Waals surface area contributed by atoms with Gasteiger partial charge in [0.15, 0.2) is 0 Å². The maximum atomic E-state index is 11.7. The number of nitrogens with one attached hydrogen (secondary N) is 2. The third kappa shape index (κ3) is 6.92. The number of hydrogen-bond acceptors (Lipinski definition) is 5. The summed E-state index contributed by atoms with van der Waals surface area (Å²) < 4.78 is 0. The van der Waals surface area contributed by atoms with Crippen LogP contribution in [0.15, 0.2) is 0 Å². The van der Waals surface area contributed by atoms with Crippen LogP contribution in [0.3, 0.4) is 0 Å². The molecule has 0 spiro atoms. The van der Waals surface area contributed by atoms with Gasteiger partial charge in [-0.2, -0.15) is 0 Å². The summed E-state index contributed by atoms with van der Waals surface area (Å²) in [5.41, 5.74) is 6.29. The van der Waals surface area contributed by atoms with Crippen molar-refractivity contribution in [2.24, 2.45) is 58.0 Å². The van der Waals surface area contributed by atoms with Crippen molar-refractivity contribution >= 4 is 5.97 Å². The van der Waals surface area contributed by atoms with E-state index in [1.165, 1.54) is 57.8 Å². The molecule has 4 fully saturated rings. The molecule has 6 heteroatoms. The predicted molar refractivity (Wildman–Crippen MR) is 164 cm³/mol. The molecule has 0 amide bonds. The molecule has 232 valence electrons. The Morgan fingerprint density at radius 1 is 0.900 bits per heavy atom. The van der Waals surface area contributed by atoms with E-state index in [-0.39, 0.29) is 12.0 Å². The number of aliphatic hydroxyl groups excluding tert-OH is 1. The number of carboxylic acids is 1. The molecule has 0 heterocycles. The molecule has 0 bridgehead atoms. The van der Waals surface area contributed by atoms with Crippen LogP contribution in [0.2, 0.25) is 0 Å². The van der Waals surface area contributed by atoms with Crippen molar-refractivity contribution in [1.82, 2.24) is 10.6 Å². The van der Waals surface area contributed by atoms with E-state index in [1.807, 2.05) is 6.92 Å². The fourth-order valence-electron chi connectivity index (χ4n) is 10.5. The second-order valence-electron chi connectivity index (χ2n) is 15.2. The van der Waals surface area contributed by atoms with Gasteiger partial charge in [-0.3, -0.25) is 4.79 Å². The summed E-state index contributed by atoms with van der Waals surface area (Å²) in [4.78, 5) is 11.3. The van der Waals surface area contributed by atoms with Crippen molar-refractivity contribution < 1.29 is 15.0 Å². The Hall–Kier alpha value is -0.690. The van der Waals surface area contributed by atoms with Crippen molar-refractivity contribution in [3.63, 3.8) is 0 Å². The summed E-state index contributed by atoms with van der Waals surface area (Å²) in [6, 6.07) is 0.605. The average molecular weight is 562 g/mol. The normalized spacial score (nSPS) is 40.6. The monoisotopic (exact) mass is 561 g/mol. The number of aliphatic carboxylic acids is 1. The predicted octanol–water partition coefficient (Wildman–Crippen LogP) is 5.82. The smallest absolute Gasteiger partial charge is 0.306 e. The summed E-state index contributed by atoms with van der Waals surface area (Å²) in [7, 11) is 0. The van der Waals surface area contributed by atoms with Crippen molar-refractivity contribution in [2.45, 2.75) is 130 Å². The third-order valence-electron chi connectivity index (χ3n) is 12.9. The first-order chi connectivity index (χ1) is 19.1. The number of fused-ring (bicyclic) bond motifs is 5. The number of hydrogen-bond donors (Lipinski definition) is 5. The number of unbranched alkanes of at least 4 members (excludes halogenated alkanes) is 1. The molecular formula is C34H63N3O3. The molecule has 4 aliphatic rings. The first-order valence-electron chi connectivity index (χ1n) is 17.2. The highest BCUT2D eigenvalue weighted by Gasteiger charge is 2.62. The van der Waals surface area contributed by atoms with E-state index in [0.717, 1.165) is 58.3 Å². The Balaban J connectivity index is 1.29. The standard InChI is InChI=1S/C34H63N3O3/c1-23(9-7-10-24(2)32(39)40)27-11-12-28-31-29(14-16-34(27,28)4)33(3)15-13-26(21-25(33)22-30(31)38)37-20-8-19-36-18-6-5-17-35/h23-31,36-38H,5-22,35H2,1-4H3,(H,39,40)/t23-,24?,25+,26-,27-,28?,29?,30-,31?,33+,34-/m1/s1. The van der Waals surface area contributed by atoms with Gasteiger partial charge in [0.25, 0.3) is 0 Å². The van der Waals surface area contributed by atoms with Crippen LogP contribution in [0, 0.1) is 52.3 Å². The second kappa shape index (κ2) is 14.2. The molecule has 0 saturated heterocycles. The summed E-state index contributed by atoms with van der Waals surface area (Å²) >= 11 is 0. The Morgan fingerprint density at radius 3 is 2.38 bits per heavy atom. The van der Waals surface area contributed by atoms with E-state index in [0.29, 0.717) is 52.4 Å². The molecule has 0 radical (unpaired) electrons. The second-order valence-corrected chi connectivity index (χ2v) is 15.2. The van der Waals surface area contributed by atoms with E-state index < -0.39 is 5.97 Å². The minimum absolute atomic E-state index is 0.144. The van der Waals surface area contributed by atoms with Crippen LogP contribution in [0.5, 0.6) is 0 Å². The minimum atomic E-state index is -0.663. The topological polar surface area (TPSA) is 108 Å². The molecule has 0 aromatic carbocycles. The van der Waals surface area contributed by atoms with Crippen LogP contribution in [-0.4, -0.2) is 54.5 Å². The number of carboxylic acid groups (broad SMARTS) is 1. The Labute approximate surface area is 245 Å². The number of rotatable bonds is 15. The van der Waals surface area contributed by atoms with Gasteiger partial charge in [-0.05, 0) is 150 Å². The van der Waals surface area contributed by atoms with Crippen LogP contribution < -0.4 is 16.4 Å². The van der Waals surface area contributed by atoms with Gasteiger partial charge in [0.05, 0.1) is 12.0 Å². The van der Waals surface area contributed by atoms with Crippen molar-refractivity contribution in [3.05, 3.63) is 0 Å². The number of aliphatic hydroxyl groups is 1. The third-order valence-corrected chi connectivity index (χ3v) is 12.9. The Kier molecular flexibility index (Phi) is 11.4. The van der Waals surface area contributed by atoms with E-state index in [4.69, 9.17) is 5.73 Å². The number of carbonyl (C=O) groups is 1. The summed E-state index contributed by atoms with van der Waals surface area (Å²) in [6.07, 6.45) is 16.2. The molecule has 11 atom stereocenters. The largest absolute Gasteiger partial charge is 0.481 e. The minimum Gasteiger partial charge on any atom is -0.481 e. The molecule has 0 aromatic heterocycles. The van der Waals surface area contributed by atoms with Crippen LogP contribution in [0.1, 0.15) is 118 Å². The lowest BCUT2D eigenvalue weighted by Crippen LogP contribution is -2.59. The summed E-state index contributed by atoms with van der Waals surface area (Å²) in [5, 5.41) is 28.4. The van der Waals surface area contributed by atoms with Gasteiger partial charge >= 0.3 is 5.97 Å². The van der Waals surface area contributed by atoms with Gasteiger partial charge in [-0.25, -0.2) is 0 Å². The van der Waals surface area contributed by atoms with Crippen molar-refractivity contribution in [3.8, 4) is 0 Å². The van der Waals surface area contributed by atoms with Gasteiger partial charge in [-0.1, -0.05) is 40.5 Å². The fourth-order valence-corrected chi connectivity index (χ4v) is 10.5. The summed E-state index contributed by atoms with van der Waals surface area (Å²) in [6.45, 7) is 13.5. The zero-order valence-electron chi connectivity index (χ0n) is 26.3. The highest BCUT2D eigenvalue weighted by Crippen LogP contribution is 2.68. The zero-order chi connectivity index (χ0) is 28.9. The van der Waals surface area contributed by atoms with E-state index in [9.17, 15) is 15.0 Å². The lowest BCUT2D eigenvalue weighted by Gasteiger charge is -2.62. The van der Waals surface area contributed by atoms with E-state index in [1.54, 1.807) is 0 Å². The lowest BCUT2D eigenvalue weighted by molar-refractivity contribution is -0.167. The lowest BCUT2D eigenvalue weighted by atomic mass is 9.43. The molecule has 40 heavy (non-hydrogen) atoms. The molecule has 4 rings (SSSR count). The van der Waals surface area contributed by atoms with Gasteiger partial charge in [0.1, 0.15) is 0 Å². The molecule has 6 N–H and O–H groups in total. The SMILES string of the molecule is CC(CCC[C@@H](C)[C@H]1CCC2C3C(CC[C@@]21C)[C@@]1(C)CC[C@@H](NCCCNCCCCN)C[C@H]1C[C@H]3O)C(=O)O. The Morgan fingerprint density at radius 2 is 1.62 bits per heavy atom. The highest BCUT2D eigenvalue weighted by atomic mass is 16.4. The van der Waals surface area contributed by atoms with E-state index >= 15 is 0 Å². The van der Waals surface area contributed by atoms with Crippen molar-refractivity contribution in [1.29, 1.82) is 0 Å². The molecule has 0 aromatic rings. The molecular weight excluding hydrogens is 498 g/mol. The van der Waals surface area contributed by atoms with Crippen LogP contribution in [-0.2, 0) is 4.79 Å². The van der Waals surface area contributed by atoms with Crippen LogP contribution >= 0.6 is 0 Å². The zero-order valence-corrected chi connectivity index (χ0v) is 26.3. The highest BCUT2D eigenvalue weighted by molar-refractivity contribution is 5.69. The average Bonchev–Trinajstić information content (AvgIpc) is 3.27. The van der Waals surface area contributed by atoms with Gasteiger partial charge in [0.2, 0.25) is 0 Å². The van der Waals surface area contributed by atoms with Crippen LogP contribution in [0.4, 0.5) is 0 Å². The first-order valence-corrected chi connectivity index (χ1v) is 17.2. The maximum Gasteiger partial charge on any atom is 0.306 e. The molecule has 6 nitrogen and oxygen atoms in total. The fraction of sp³-hybridized carbons (Fsp3) is 0.971. The van der Waals surface area contributed by atoms with Crippen molar-refractivity contribution in [2.75, 3.05) is 26.2 Å². The van der Waals surface area contributed by atoms with Gasteiger partial charge in [-0.15, -0.1) is 0 Å². The van der Waals surface area contributed by atoms with Gasteiger partial charge < -0.3 is 26.6 Å². The molecule has 4 aliphatic carbocycles. The van der Waals surface area contributed by atoms with E-state index in [2.05, 4.69) is 31.4 Å². The summed E-state index contributed by atoms with van der Waals surface area (Å²) in [5.74, 6) is 2.88. The van der Waals surface area contributed by atoms with Crippen LogP contribution in [0.25, 0.3) is 0 Å². The molecule has 0 aliphatic heterocycles. The van der Waals surface area contributed by atoms with Gasteiger partial charge in [0, 0.05) is 6.04 Å². The molecule has 4 saturated carbocycles. The first kappa shape index (κ1) is 32.2.